The Morgan fingerprint density at radius 3 is 3.09 bits per heavy atom. The number of pyridine rings is 1. The van der Waals surface area contributed by atoms with Crippen molar-refractivity contribution >= 4 is 34.9 Å². The normalized spacial score (nSPS) is 18.3. The maximum Gasteiger partial charge on any atom is 0.230 e. The van der Waals surface area contributed by atoms with Crippen LogP contribution >= 0.6 is 11.6 Å². The molecule has 0 radical (unpaired) electrons. The van der Waals surface area contributed by atoms with Crippen LogP contribution in [0.25, 0.3) is 0 Å². The minimum atomic E-state index is 0.232. The molecule has 2 aromatic rings. The Morgan fingerprint density at radius 2 is 2.32 bits per heavy atom. The molecule has 2 aromatic heterocycles. The Bertz CT molecular complexity index is 668. The highest BCUT2D eigenvalue weighted by molar-refractivity contribution is 6.29. The average Bonchev–Trinajstić information content (AvgIpc) is 2.49. The van der Waals surface area contributed by atoms with Crippen LogP contribution in [0.4, 0.5) is 23.3 Å². The molecule has 0 amide bonds. The van der Waals surface area contributed by atoms with E-state index in [4.69, 9.17) is 22.1 Å². The number of halogens is 1. The molecule has 3 N–H and O–H groups in total. The lowest BCUT2D eigenvalue weighted by atomic mass is 10.2. The van der Waals surface area contributed by atoms with Gasteiger partial charge in [0.1, 0.15) is 16.8 Å². The summed E-state index contributed by atoms with van der Waals surface area (Å²) in [7, 11) is 0. The van der Waals surface area contributed by atoms with Gasteiger partial charge in [0.05, 0.1) is 24.9 Å². The third-order valence-corrected chi connectivity index (χ3v) is 3.62. The standard InChI is InChI=1S/C14H17ClN6O/c1-9-8-22-6-5-21(9)12-7-11(15)19-14(20-12)18-10-3-2-4-17-13(10)16/h2-4,7,9H,5-6,8H2,1H3,(H2,16,17)(H,18,19,20)/t9-/m1/s1. The molecule has 3 heterocycles. The molecule has 0 aliphatic carbocycles. The summed E-state index contributed by atoms with van der Waals surface area (Å²) in [4.78, 5) is 14.9. The smallest absolute Gasteiger partial charge is 0.230 e. The van der Waals surface area contributed by atoms with Gasteiger partial charge in [-0.2, -0.15) is 4.98 Å². The highest BCUT2D eigenvalue weighted by Gasteiger charge is 2.21. The quantitative estimate of drug-likeness (QED) is 0.837. The van der Waals surface area contributed by atoms with E-state index in [-0.39, 0.29) is 6.04 Å². The zero-order valence-corrected chi connectivity index (χ0v) is 12.9. The fourth-order valence-electron chi connectivity index (χ4n) is 2.32. The maximum atomic E-state index is 6.13. The summed E-state index contributed by atoms with van der Waals surface area (Å²) in [6.07, 6.45) is 1.63. The molecular weight excluding hydrogens is 304 g/mol. The third kappa shape index (κ3) is 3.20. The molecule has 116 valence electrons. The molecular formula is C14H17ClN6O. The van der Waals surface area contributed by atoms with E-state index in [1.165, 1.54) is 0 Å². The van der Waals surface area contributed by atoms with Gasteiger partial charge in [-0.05, 0) is 19.1 Å². The molecule has 8 heteroatoms. The predicted octanol–water partition coefficient (Wildman–Crippen LogP) is 2.08. The van der Waals surface area contributed by atoms with E-state index in [2.05, 4.69) is 32.1 Å². The summed E-state index contributed by atoms with van der Waals surface area (Å²) in [5.41, 5.74) is 6.46. The van der Waals surface area contributed by atoms with Gasteiger partial charge in [0.2, 0.25) is 5.95 Å². The minimum Gasteiger partial charge on any atom is -0.382 e. The lowest BCUT2D eigenvalue weighted by Gasteiger charge is -2.34. The molecule has 22 heavy (non-hydrogen) atoms. The van der Waals surface area contributed by atoms with Crippen molar-refractivity contribution in [1.29, 1.82) is 0 Å². The van der Waals surface area contributed by atoms with Crippen LogP contribution in [0.2, 0.25) is 5.15 Å². The molecule has 1 fully saturated rings. The van der Waals surface area contributed by atoms with Crippen LogP contribution in [0.5, 0.6) is 0 Å². The highest BCUT2D eigenvalue weighted by Crippen LogP contribution is 2.24. The molecule has 7 nitrogen and oxygen atoms in total. The fourth-order valence-corrected chi connectivity index (χ4v) is 2.50. The van der Waals surface area contributed by atoms with E-state index in [1.807, 2.05) is 6.07 Å². The highest BCUT2D eigenvalue weighted by atomic mass is 35.5. The fraction of sp³-hybridized carbons (Fsp3) is 0.357. The van der Waals surface area contributed by atoms with E-state index in [1.54, 1.807) is 18.3 Å². The zero-order chi connectivity index (χ0) is 15.5. The third-order valence-electron chi connectivity index (χ3n) is 3.43. The van der Waals surface area contributed by atoms with Crippen LogP contribution in [-0.2, 0) is 4.74 Å². The average molecular weight is 321 g/mol. The van der Waals surface area contributed by atoms with Gasteiger partial charge in [-0.3, -0.25) is 0 Å². The number of hydrogen-bond donors (Lipinski definition) is 2. The first kappa shape index (κ1) is 14.8. The summed E-state index contributed by atoms with van der Waals surface area (Å²) >= 11 is 6.13. The summed E-state index contributed by atoms with van der Waals surface area (Å²) in [6.45, 7) is 4.19. The summed E-state index contributed by atoms with van der Waals surface area (Å²) in [6, 6.07) is 5.58. The monoisotopic (exact) mass is 320 g/mol. The number of ether oxygens (including phenoxy) is 1. The molecule has 1 saturated heterocycles. The van der Waals surface area contributed by atoms with Gasteiger partial charge in [-0.25, -0.2) is 9.97 Å². The van der Waals surface area contributed by atoms with Crippen molar-refractivity contribution in [3.8, 4) is 0 Å². The Morgan fingerprint density at radius 1 is 1.45 bits per heavy atom. The first-order chi connectivity index (χ1) is 10.6. The van der Waals surface area contributed by atoms with E-state index in [0.717, 1.165) is 12.4 Å². The molecule has 1 aliphatic heterocycles. The number of nitrogens with one attached hydrogen (secondary N) is 1. The van der Waals surface area contributed by atoms with Crippen molar-refractivity contribution in [2.45, 2.75) is 13.0 Å². The second-order valence-electron chi connectivity index (χ2n) is 5.05. The SMILES string of the molecule is C[C@@H]1COCCN1c1cc(Cl)nc(Nc2cccnc2N)n1. The number of nitrogen functional groups attached to an aromatic ring is 1. The van der Waals surface area contributed by atoms with Gasteiger partial charge in [0, 0.05) is 18.8 Å². The number of anilines is 4. The number of hydrogen-bond acceptors (Lipinski definition) is 7. The second kappa shape index (κ2) is 6.33. The van der Waals surface area contributed by atoms with Gasteiger partial charge in [0.15, 0.2) is 0 Å². The molecule has 0 aromatic carbocycles. The summed E-state index contributed by atoms with van der Waals surface area (Å²) in [5, 5.41) is 3.42. The lowest BCUT2D eigenvalue weighted by Crippen LogP contribution is -2.44. The number of nitrogens with two attached hydrogens (primary N) is 1. The van der Waals surface area contributed by atoms with Crippen LogP contribution in [0.15, 0.2) is 24.4 Å². The van der Waals surface area contributed by atoms with Crippen molar-refractivity contribution in [1.82, 2.24) is 15.0 Å². The van der Waals surface area contributed by atoms with E-state index in [0.29, 0.717) is 35.8 Å². The largest absolute Gasteiger partial charge is 0.382 e. The Labute approximate surface area is 133 Å². The van der Waals surface area contributed by atoms with E-state index < -0.39 is 0 Å². The Balaban J connectivity index is 1.88. The van der Waals surface area contributed by atoms with Crippen molar-refractivity contribution in [3.63, 3.8) is 0 Å². The maximum absolute atomic E-state index is 6.13. The summed E-state index contributed by atoms with van der Waals surface area (Å²) < 4.78 is 5.45. The topological polar surface area (TPSA) is 89.2 Å². The van der Waals surface area contributed by atoms with Crippen LogP contribution < -0.4 is 16.0 Å². The van der Waals surface area contributed by atoms with E-state index in [9.17, 15) is 0 Å². The van der Waals surface area contributed by atoms with Gasteiger partial charge < -0.3 is 20.7 Å². The molecule has 1 aliphatic rings. The second-order valence-corrected chi connectivity index (χ2v) is 5.44. The first-order valence-electron chi connectivity index (χ1n) is 7.00. The molecule has 0 unspecified atom stereocenters. The van der Waals surface area contributed by atoms with Crippen molar-refractivity contribution in [2.75, 3.05) is 35.7 Å². The van der Waals surface area contributed by atoms with Crippen LogP contribution in [0.1, 0.15) is 6.92 Å². The van der Waals surface area contributed by atoms with Gasteiger partial charge in [0.25, 0.3) is 0 Å². The molecule has 0 saturated carbocycles. The van der Waals surface area contributed by atoms with Gasteiger partial charge in [-0.15, -0.1) is 0 Å². The lowest BCUT2D eigenvalue weighted by molar-refractivity contribution is 0.0985. The van der Waals surface area contributed by atoms with Crippen molar-refractivity contribution < 1.29 is 4.74 Å². The summed E-state index contributed by atoms with van der Waals surface area (Å²) in [5.74, 6) is 1.54. The van der Waals surface area contributed by atoms with Gasteiger partial charge >= 0.3 is 0 Å². The van der Waals surface area contributed by atoms with Crippen molar-refractivity contribution in [3.05, 3.63) is 29.5 Å². The van der Waals surface area contributed by atoms with E-state index >= 15 is 0 Å². The zero-order valence-electron chi connectivity index (χ0n) is 12.2. The van der Waals surface area contributed by atoms with Crippen LogP contribution in [0.3, 0.4) is 0 Å². The number of aromatic nitrogens is 3. The van der Waals surface area contributed by atoms with Crippen LogP contribution in [-0.4, -0.2) is 40.8 Å². The molecule has 1 atom stereocenters. The van der Waals surface area contributed by atoms with Crippen LogP contribution in [0, 0.1) is 0 Å². The van der Waals surface area contributed by atoms with Gasteiger partial charge in [-0.1, -0.05) is 11.6 Å². The Hall–Kier alpha value is -2.12. The number of morpholine rings is 1. The molecule has 0 spiro atoms. The number of nitrogens with zero attached hydrogens (tertiary/aromatic N) is 4. The predicted molar refractivity (Wildman–Crippen MR) is 86.6 cm³/mol. The minimum absolute atomic E-state index is 0.232. The molecule has 0 bridgehead atoms. The number of rotatable bonds is 3. The van der Waals surface area contributed by atoms with Crippen molar-refractivity contribution in [2.24, 2.45) is 0 Å². The molecule has 3 rings (SSSR count). The Kier molecular flexibility index (Phi) is 4.26. The first-order valence-corrected chi connectivity index (χ1v) is 7.38.